The molecule has 1 aliphatic rings. The lowest BCUT2D eigenvalue weighted by molar-refractivity contribution is -0.151. The summed E-state index contributed by atoms with van der Waals surface area (Å²) in [5, 5.41) is 0. The number of piperidine rings is 1. The number of amides is 2. The van der Waals surface area contributed by atoms with Crippen LogP contribution >= 0.6 is 0 Å². The van der Waals surface area contributed by atoms with Crippen LogP contribution in [0.4, 0.5) is 0 Å². The van der Waals surface area contributed by atoms with Gasteiger partial charge in [-0.15, -0.1) is 0 Å². The molecule has 0 aliphatic carbocycles. The van der Waals surface area contributed by atoms with Crippen molar-refractivity contribution in [3.63, 3.8) is 0 Å². The quantitative estimate of drug-likeness (QED) is 0.532. The molecule has 0 saturated carbocycles. The molecule has 0 radical (unpaired) electrons. The molecular weight excluding hydrogens is 456 g/mol. The van der Waals surface area contributed by atoms with Crippen molar-refractivity contribution in [3.8, 4) is 0 Å². The van der Waals surface area contributed by atoms with Crippen LogP contribution in [0.5, 0.6) is 0 Å². The van der Waals surface area contributed by atoms with Crippen LogP contribution in [0.2, 0.25) is 0 Å². The summed E-state index contributed by atoms with van der Waals surface area (Å²) in [5.74, 6) is -1.21. The molecule has 2 amide bonds. The lowest BCUT2D eigenvalue weighted by Crippen LogP contribution is -2.45. The molecule has 0 spiro atoms. The second-order valence-corrected chi connectivity index (χ2v) is 10.3. The first-order valence-corrected chi connectivity index (χ1v) is 12.9. The molecule has 2 aromatic carbocycles. The van der Waals surface area contributed by atoms with E-state index in [-0.39, 0.29) is 40.9 Å². The number of likely N-dealkylation sites (tertiary alicyclic amines) is 1. The zero-order valence-corrected chi connectivity index (χ0v) is 20.3. The van der Waals surface area contributed by atoms with Gasteiger partial charge >= 0.3 is 5.97 Å². The van der Waals surface area contributed by atoms with E-state index >= 15 is 0 Å². The number of benzene rings is 2. The van der Waals surface area contributed by atoms with Gasteiger partial charge in [0.15, 0.2) is 9.84 Å². The fourth-order valence-corrected chi connectivity index (χ4v) is 5.30. The third-order valence-corrected chi connectivity index (χ3v) is 7.52. The SMILES string of the molecule is CCOC(=O)C1CCN(C(=O)CN(C)C(=O)c2cccc(CS(=O)(=O)c3ccccc3)c2)CC1. The highest BCUT2D eigenvalue weighted by atomic mass is 32.2. The van der Waals surface area contributed by atoms with E-state index in [4.69, 9.17) is 4.74 Å². The summed E-state index contributed by atoms with van der Waals surface area (Å²) in [5.41, 5.74) is 0.813. The van der Waals surface area contributed by atoms with Crippen LogP contribution in [0.1, 0.15) is 35.7 Å². The molecule has 1 heterocycles. The summed E-state index contributed by atoms with van der Waals surface area (Å²) in [6.45, 7) is 2.88. The number of likely N-dealkylation sites (N-methyl/N-ethyl adjacent to an activating group) is 1. The second kappa shape index (κ2) is 11.3. The summed E-state index contributed by atoms with van der Waals surface area (Å²) in [6.07, 6.45) is 1.08. The predicted octanol–water partition coefficient (Wildman–Crippen LogP) is 2.53. The van der Waals surface area contributed by atoms with Crippen molar-refractivity contribution >= 4 is 27.6 Å². The van der Waals surface area contributed by atoms with Gasteiger partial charge in [0.1, 0.15) is 0 Å². The van der Waals surface area contributed by atoms with Crippen molar-refractivity contribution in [2.24, 2.45) is 5.92 Å². The maximum atomic E-state index is 12.9. The molecule has 9 heteroatoms. The molecule has 8 nitrogen and oxygen atoms in total. The van der Waals surface area contributed by atoms with Crippen LogP contribution in [0.25, 0.3) is 0 Å². The normalized spacial score (nSPS) is 14.5. The van der Waals surface area contributed by atoms with E-state index < -0.39 is 9.84 Å². The van der Waals surface area contributed by atoms with Gasteiger partial charge < -0.3 is 14.5 Å². The highest BCUT2D eigenvalue weighted by Crippen LogP contribution is 2.20. The molecule has 0 atom stereocenters. The van der Waals surface area contributed by atoms with E-state index in [9.17, 15) is 22.8 Å². The molecule has 2 aromatic rings. The summed E-state index contributed by atoms with van der Waals surface area (Å²) in [6, 6.07) is 14.6. The highest BCUT2D eigenvalue weighted by Gasteiger charge is 2.29. The Bertz CT molecular complexity index is 1130. The minimum absolute atomic E-state index is 0.102. The van der Waals surface area contributed by atoms with Crippen molar-refractivity contribution in [2.45, 2.75) is 30.4 Å². The minimum Gasteiger partial charge on any atom is -0.466 e. The number of esters is 1. The van der Waals surface area contributed by atoms with E-state index in [1.165, 1.54) is 4.90 Å². The van der Waals surface area contributed by atoms with Gasteiger partial charge in [0.2, 0.25) is 5.91 Å². The van der Waals surface area contributed by atoms with Crippen molar-refractivity contribution in [2.75, 3.05) is 33.3 Å². The number of sulfone groups is 1. The molecular formula is C25H30N2O6S. The van der Waals surface area contributed by atoms with Gasteiger partial charge in [-0.1, -0.05) is 30.3 Å². The van der Waals surface area contributed by atoms with E-state index in [0.29, 0.717) is 43.7 Å². The Balaban J connectivity index is 1.58. The summed E-state index contributed by atoms with van der Waals surface area (Å²) >= 11 is 0. The zero-order chi connectivity index (χ0) is 24.7. The molecule has 0 aromatic heterocycles. The lowest BCUT2D eigenvalue weighted by Gasteiger charge is -2.32. The van der Waals surface area contributed by atoms with Crippen molar-refractivity contribution < 1.29 is 27.5 Å². The van der Waals surface area contributed by atoms with Crippen molar-refractivity contribution in [1.82, 2.24) is 9.80 Å². The van der Waals surface area contributed by atoms with Crippen LogP contribution in [-0.4, -0.2) is 69.3 Å². The monoisotopic (exact) mass is 486 g/mol. The van der Waals surface area contributed by atoms with Gasteiger partial charge in [-0.3, -0.25) is 14.4 Å². The van der Waals surface area contributed by atoms with E-state index in [1.807, 2.05) is 0 Å². The molecule has 1 saturated heterocycles. The molecule has 0 unspecified atom stereocenters. The lowest BCUT2D eigenvalue weighted by atomic mass is 9.97. The number of carbonyl (C=O) groups excluding carboxylic acids is 3. The number of hydrogen-bond acceptors (Lipinski definition) is 6. The number of rotatable bonds is 8. The Labute approximate surface area is 200 Å². The third kappa shape index (κ3) is 6.44. The van der Waals surface area contributed by atoms with Crippen LogP contribution < -0.4 is 0 Å². The Morgan fingerprint density at radius 3 is 2.35 bits per heavy atom. The number of nitrogens with zero attached hydrogens (tertiary/aromatic N) is 2. The summed E-state index contributed by atoms with van der Waals surface area (Å²) in [7, 11) is -2.00. The molecule has 0 N–H and O–H groups in total. The Morgan fingerprint density at radius 1 is 1.03 bits per heavy atom. The van der Waals surface area contributed by atoms with E-state index in [0.717, 1.165) is 0 Å². The Morgan fingerprint density at radius 2 is 1.71 bits per heavy atom. The Hall–Kier alpha value is -3.20. The molecule has 1 fully saturated rings. The fraction of sp³-hybridized carbons (Fsp3) is 0.400. The van der Waals surface area contributed by atoms with Gasteiger partial charge in [0, 0.05) is 25.7 Å². The van der Waals surface area contributed by atoms with Crippen LogP contribution in [0, 0.1) is 5.92 Å². The van der Waals surface area contributed by atoms with Crippen LogP contribution in [-0.2, 0) is 29.9 Å². The first-order chi connectivity index (χ1) is 16.2. The molecule has 34 heavy (non-hydrogen) atoms. The second-order valence-electron chi connectivity index (χ2n) is 8.34. The summed E-state index contributed by atoms with van der Waals surface area (Å²) < 4.78 is 30.4. The fourth-order valence-electron chi connectivity index (χ4n) is 3.94. The van der Waals surface area contributed by atoms with Crippen molar-refractivity contribution in [1.29, 1.82) is 0 Å². The maximum absolute atomic E-state index is 12.9. The predicted molar refractivity (Wildman–Crippen MR) is 127 cm³/mol. The number of carbonyl (C=O) groups is 3. The van der Waals surface area contributed by atoms with Gasteiger partial charge in [-0.05, 0) is 49.6 Å². The number of ether oxygens (including phenoxy) is 1. The number of hydrogen-bond donors (Lipinski definition) is 0. The zero-order valence-electron chi connectivity index (χ0n) is 19.5. The first kappa shape index (κ1) is 25.4. The van der Waals surface area contributed by atoms with Gasteiger partial charge in [0.25, 0.3) is 5.91 Å². The average molecular weight is 487 g/mol. The minimum atomic E-state index is -3.54. The topological polar surface area (TPSA) is 101 Å². The smallest absolute Gasteiger partial charge is 0.309 e. The van der Waals surface area contributed by atoms with E-state index in [1.54, 1.807) is 73.5 Å². The molecule has 182 valence electrons. The molecule has 0 bridgehead atoms. The Kier molecular flexibility index (Phi) is 8.44. The van der Waals surface area contributed by atoms with Crippen molar-refractivity contribution in [3.05, 3.63) is 65.7 Å². The average Bonchev–Trinajstić information content (AvgIpc) is 2.84. The summed E-state index contributed by atoms with van der Waals surface area (Å²) in [4.78, 5) is 40.7. The third-order valence-electron chi connectivity index (χ3n) is 5.82. The van der Waals surface area contributed by atoms with Gasteiger partial charge in [0.05, 0.1) is 29.7 Å². The largest absolute Gasteiger partial charge is 0.466 e. The van der Waals surface area contributed by atoms with Crippen LogP contribution in [0.3, 0.4) is 0 Å². The highest BCUT2D eigenvalue weighted by molar-refractivity contribution is 7.90. The first-order valence-electron chi connectivity index (χ1n) is 11.3. The molecule has 3 rings (SSSR count). The van der Waals surface area contributed by atoms with Crippen LogP contribution in [0.15, 0.2) is 59.5 Å². The standard InChI is InChI=1S/C25H30N2O6S/c1-3-33-25(30)20-12-14-27(15-13-20)23(28)17-26(2)24(29)21-9-7-8-19(16-21)18-34(31,32)22-10-5-4-6-11-22/h4-11,16,20H,3,12-15,17-18H2,1-2H3. The van der Waals surface area contributed by atoms with Gasteiger partial charge in [-0.2, -0.15) is 0 Å². The maximum Gasteiger partial charge on any atom is 0.309 e. The van der Waals surface area contributed by atoms with E-state index in [2.05, 4.69) is 0 Å². The van der Waals surface area contributed by atoms with Gasteiger partial charge in [-0.25, -0.2) is 8.42 Å². The molecule has 1 aliphatic heterocycles.